The van der Waals surface area contributed by atoms with Crippen LogP contribution in [0.2, 0.25) is 0 Å². The van der Waals surface area contributed by atoms with Crippen molar-refractivity contribution in [1.82, 2.24) is 20.2 Å². The molecule has 3 aromatic heterocycles. The Kier molecular flexibility index (Phi) is 5.28. The minimum absolute atomic E-state index is 0.689. The van der Waals surface area contributed by atoms with Crippen LogP contribution in [0.15, 0.2) is 46.2 Å². The van der Waals surface area contributed by atoms with Gasteiger partial charge in [-0.3, -0.25) is 5.10 Å². The summed E-state index contributed by atoms with van der Waals surface area (Å²) in [5.74, 6) is 2.26. The molecule has 0 bridgehead atoms. The summed E-state index contributed by atoms with van der Waals surface area (Å²) in [5.41, 5.74) is 8.44. The highest BCUT2D eigenvalue weighted by atomic mass is 32.2. The maximum absolute atomic E-state index is 5.75. The second-order valence-corrected chi connectivity index (χ2v) is 8.21. The van der Waals surface area contributed by atoms with Gasteiger partial charge in [0.2, 0.25) is 5.16 Å². The first-order valence-corrected chi connectivity index (χ1v) is 10.7. The molecule has 4 N–H and O–H groups in total. The van der Waals surface area contributed by atoms with E-state index in [9.17, 15) is 0 Å². The minimum Gasteiger partial charge on any atom is -0.497 e. The van der Waals surface area contributed by atoms with E-state index in [4.69, 9.17) is 10.5 Å². The van der Waals surface area contributed by atoms with Crippen LogP contribution in [-0.2, 0) is 5.75 Å². The van der Waals surface area contributed by atoms with Crippen molar-refractivity contribution in [2.45, 2.75) is 10.9 Å². The number of nitrogens with zero attached hydrogens (tertiary/aromatic N) is 3. The van der Waals surface area contributed by atoms with Gasteiger partial charge in [-0.1, -0.05) is 11.8 Å². The van der Waals surface area contributed by atoms with Crippen LogP contribution >= 0.6 is 34.4 Å². The summed E-state index contributed by atoms with van der Waals surface area (Å²) in [7, 11) is 1.65. The van der Waals surface area contributed by atoms with Crippen molar-refractivity contribution >= 4 is 50.9 Å². The van der Waals surface area contributed by atoms with Gasteiger partial charge in [0, 0.05) is 27.9 Å². The van der Waals surface area contributed by atoms with Crippen molar-refractivity contribution in [1.29, 1.82) is 0 Å². The van der Waals surface area contributed by atoms with E-state index in [2.05, 4.69) is 25.5 Å². The van der Waals surface area contributed by atoms with E-state index < -0.39 is 0 Å². The molecule has 0 saturated heterocycles. The number of nitrogen functional groups attached to an aromatic ring is 1. The number of thioether (sulfide) groups is 1. The van der Waals surface area contributed by atoms with Gasteiger partial charge in [0.15, 0.2) is 11.0 Å². The average molecular weight is 417 g/mol. The molecule has 0 amide bonds. The molecule has 0 aliphatic rings. The molecule has 10 heteroatoms. The summed E-state index contributed by atoms with van der Waals surface area (Å²) >= 11 is 4.65. The number of anilines is 3. The largest absolute Gasteiger partial charge is 0.497 e. The third kappa shape index (κ3) is 4.41. The number of nitrogens with one attached hydrogen (secondary N) is 2. The second-order valence-electron chi connectivity index (χ2n) is 5.50. The molecule has 27 heavy (non-hydrogen) atoms. The van der Waals surface area contributed by atoms with Crippen molar-refractivity contribution in [2.24, 2.45) is 0 Å². The van der Waals surface area contributed by atoms with E-state index >= 15 is 0 Å². The van der Waals surface area contributed by atoms with Crippen molar-refractivity contribution < 1.29 is 4.74 Å². The number of H-pyrrole nitrogens is 1. The number of thiophene rings is 1. The predicted octanol–water partition coefficient (Wildman–Crippen LogP) is 4.62. The number of aromatic nitrogens is 4. The summed E-state index contributed by atoms with van der Waals surface area (Å²) in [5, 5.41) is 16.0. The van der Waals surface area contributed by atoms with Crippen molar-refractivity contribution in [3.8, 4) is 16.5 Å². The van der Waals surface area contributed by atoms with Crippen LogP contribution in [-0.4, -0.2) is 27.3 Å². The summed E-state index contributed by atoms with van der Waals surface area (Å²) in [4.78, 5) is 10.1. The SMILES string of the molecule is COc1ccc(Nc2nc(CSc3n[nH]c(-c4cc(N)cs4)n3)cs2)cc1. The lowest BCUT2D eigenvalue weighted by atomic mass is 10.3. The van der Waals surface area contributed by atoms with Gasteiger partial charge in [-0.2, -0.15) is 0 Å². The van der Waals surface area contributed by atoms with Gasteiger partial charge in [-0.15, -0.1) is 27.8 Å². The fourth-order valence-electron chi connectivity index (χ4n) is 2.26. The van der Waals surface area contributed by atoms with Gasteiger partial charge >= 0.3 is 0 Å². The van der Waals surface area contributed by atoms with E-state index in [1.807, 2.05) is 41.1 Å². The normalized spacial score (nSPS) is 10.9. The molecule has 0 spiro atoms. The van der Waals surface area contributed by atoms with E-state index in [0.29, 0.717) is 10.9 Å². The Bertz CT molecular complexity index is 1020. The highest BCUT2D eigenvalue weighted by Gasteiger charge is 2.10. The van der Waals surface area contributed by atoms with E-state index in [0.717, 1.165) is 38.7 Å². The van der Waals surface area contributed by atoms with Crippen LogP contribution in [0.4, 0.5) is 16.5 Å². The summed E-state index contributed by atoms with van der Waals surface area (Å²) in [6, 6.07) is 9.63. The van der Waals surface area contributed by atoms with Crippen LogP contribution in [0, 0.1) is 0 Å². The molecule has 0 unspecified atom stereocenters. The zero-order valence-electron chi connectivity index (χ0n) is 14.3. The smallest absolute Gasteiger partial charge is 0.209 e. The van der Waals surface area contributed by atoms with Gasteiger partial charge < -0.3 is 15.8 Å². The topological polar surface area (TPSA) is 102 Å². The lowest BCUT2D eigenvalue weighted by Gasteiger charge is -2.03. The number of methoxy groups -OCH3 is 1. The van der Waals surface area contributed by atoms with E-state index in [-0.39, 0.29) is 0 Å². The minimum atomic E-state index is 0.689. The Balaban J connectivity index is 1.34. The second kappa shape index (κ2) is 7.99. The van der Waals surface area contributed by atoms with Crippen molar-refractivity contribution in [3.63, 3.8) is 0 Å². The molecule has 0 radical (unpaired) electrons. The summed E-state index contributed by atoms with van der Waals surface area (Å²) in [6.07, 6.45) is 0. The molecule has 1 aromatic carbocycles. The average Bonchev–Trinajstić information content (AvgIpc) is 3.41. The Hall–Kier alpha value is -2.56. The predicted molar refractivity (Wildman–Crippen MR) is 112 cm³/mol. The zero-order valence-corrected chi connectivity index (χ0v) is 16.8. The third-order valence-corrected chi connectivity index (χ3v) is 6.20. The van der Waals surface area contributed by atoms with Gasteiger partial charge in [-0.25, -0.2) is 9.97 Å². The zero-order chi connectivity index (χ0) is 18.6. The monoisotopic (exact) mass is 416 g/mol. The molecule has 0 aliphatic carbocycles. The summed E-state index contributed by atoms with van der Waals surface area (Å²) < 4.78 is 5.17. The standard InChI is InChI=1S/C17H16N6OS3/c1-24-13-4-2-11(3-5-13)19-16-20-12(8-26-16)9-27-17-21-15(22-23-17)14-6-10(18)7-25-14/h2-8H,9,18H2,1H3,(H,19,20)(H,21,22,23). The molecule has 0 aliphatic heterocycles. The third-order valence-electron chi connectivity index (χ3n) is 3.56. The Morgan fingerprint density at radius 2 is 2.04 bits per heavy atom. The van der Waals surface area contributed by atoms with Crippen molar-refractivity contribution in [2.75, 3.05) is 18.2 Å². The maximum atomic E-state index is 5.75. The first-order valence-electron chi connectivity index (χ1n) is 7.94. The highest BCUT2D eigenvalue weighted by Crippen LogP contribution is 2.29. The quantitative estimate of drug-likeness (QED) is 0.378. The molecule has 0 atom stereocenters. The molecular weight excluding hydrogens is 400 g/mol. The number of nitrogens with two attached hydrogens (primary N) is 1. The molecular formula is C17H16N6OS3. The van der Waals surface area contributed by atoms with Gasteiger partial charge in [0.1, 0.15) is 5.75 Å². The fourth-order valence-corrected chi connectivity index (χ4v) is 4.53. The summed E-state index contributed by atoms with van der Waals surface area (Å²) in [6.45, 7) is 0. The molecule has 4 aromatic rings. The first-order chi connectivity index (χ1) is 13.2. The number of hydrogen-bond acceptors (Lipinski definition) is 9. The maximum Gasteiger partial charge on any atom is 0.209 e. The van der Waals surface area contributed by atoms with Crippen LogP contribution in [0.25, 0.3) is 10.7 Å². The molecule has 7 nitrogen and oxygen atoms in total. The number of hydrogen-bond donors (Lipinski definition) is 3. The van der Waals surface area contributed by atoms with Crippen molar-refractivity contribution in [3.05, 3.63) is 46.8 Å². The number of aromatic amines is 1. The fraction of sp³-hybridized carbons (Fsp3) is 0.118. The lowest BCUT2D eigenvalue weighted by Crippen LogP contribution is -1.91. The van der Waals surface area contributed by atoms with Crippen LogP contribution < -0.4 is 15.8 Å². The first kappa shape index (κ1) is 17.8. The van der Waals surface area contributed by atoms with E-state index in [1.165, 1.54) is 0 Å². The number of rotatable bonds is 7. The van der Waals surface area contributed by atoms with Crippen LogP contribution in [0.5, 0.6) is 5.75 Å². The molecule has 4 rings (SSSR count). The molecule has 0 fully saturated rings. The molecule has 0 saturated carbocycles. The Labute approximate surface area is 168 Å². The highest BCUT2D eigenvalue weighted by molar-refractivity contribution is 7.98. The van der Waals surface area contributed by atoms with E-state index in [1.54, 1.807) is 41.5 Å². The molecule has 138 valence electrons. The van der Waals surface area contributed by atoms with Crippen LogP contribution in [0.3, 0.4) is 0 Å². The number of benzene rings is 1. The lowest BCUT2D eigenvalue weighted by molar-refractivity contribution is 0.415. The Morgan fingerprint density at radius 3 is 2.78 bits per heavy atom. The molecule has 3 heterocycles. The van der Waals surface area contributed by atoms with Gasteiger partial charge in [0.05, 0.1) is 17.7 Å². The van der Waals surface area contributed by atoms with Gasteiger partial charge in [-0.05, 0) is 30.3 Å². The Morgan fingerprint density at radius 1 is 1.19 bits per heavy atom. The number of ether oxygens (including phenoxy) is 1. The number of thiazole rings is 1. The van der Waals surface area contributed by atoms with Gasteiger partial charge in [0.25, 0.3) is 0 Å². The van der Waals surface area contributed by atoms with Crippen LogP contribution in [0.1, 0.15) is 5.69 Å².